The average Bonchev–Trinajstić information content (AvgIpc) is 2.68. The minimum Gasteiger partial charge on any atom is -0.506 e. The van der Waals surface area contributed by atoms with E-state index in [0.717, 1.165) is 11.1 Å². The summed E-state index contributed by atoms with van der Waals surface area (Å²) in [5.41, 5.74) is 3.51. The summed E-state index contributed by atoms with van der Waals surface area (Å²) in [6, 6.07) is 15.2. The van der Waals surface area contributed by atoms with Gasteiger partial charge in [-0.05, 0) is 30.7 Å². The number of benzene rings is 1. The topological polar surface area (TPSA) is 68.0 Å². The van der Waals surface area contributed by atoms with E-state index in [1.165, 1.54) is 6.20 Å². The van der Waals surface area contributed by atoms with Crippen LogP contribution in [-0.4, -0.2) is 19.6 Å². The van der Waals surface area contributed by atoms with Gasteiger partial charge in [-0.25, -0.2) is 0 Å². The molecule has 5 heteroatoms. The van der Waals surface area contributed by atoms with Crippen molar-refractivity contribution >= 4 is 10.9 Å². The van der Waals surface area contributed by atoms with Crippen molar-refractivity contribution in [3.8, 4) is 17.0 Å². The van der Waals surface area contributed by atoms with Crippen LogP contribution in [0.15, 0.2) is 71.9 Å². The highest BCUT2D eigenvalue weighted by molar-refractivity contribution is 5.95. The van der Waals surface area contributed by atoms with Gasteiger partial charge in [-0.3, -0.25) is 14.8 Å². The Bertz CT molecular complexity index is 1140. The van der Waals surface area contributed by atoms with E-state index >= 15 is 0 Å². The Hall–Kier alpha value is -3.47. The molecular formula is C21H17N3O2. The summed E-state index contributed by atoms with van der Waals surface area (Å²) in [5.74, 6) is 0.0533. The van der Waals surface area contributed by atoms with Crippen molar-refractivity contribution in [3.05, 3.63) is 88.6 Å². The molecule has 0 unspecified atom stereocenters. The van der Waals surface area contributed by atoms with Gasteiger partial charge in [0.25, 0.3) is 5.56 Å². The van der Waals surface area contributed by atoms with Gasteiger partial charge in [0, 0.05) is 28.9 Å². The van der Waals surface area contributed by atoms with E-state index in [4.69, 9.17) is 0 Å². The third-order valence-electron chi connectivity index (χ3n) is 4.40. The molecule has 128 valence electrons. The Morgan fingerprint density at radius 1 is 1.08 bits per heavy atom. The Kier molecular flexibility index (Phi) is 3.97. The molecule has 1 N–H and O–H groups in total. The molecule has 4 rings (SSSR count). The third-order valence-corrected chi connectivity index (χ3v) is 4.40. The molecule has 0 atom stereocenters. The average molecular weight is 343 g/mol. The molecule has 0 aliphatic heterocycles. The van der Waals surface area contributed by atoms with Crippen molar-refractivity contribution in [1.29, 1.82) is 0 Å². The number of aromatic nitrogens is 3. The van der Waals surface area contributed by atoms with Crippen molar-refractivity contribution < 1.29 is 5.11 Å². The van der Waals surface area contributed by atoms with E-state index in [-0.39, 0.29) is 11.3 Å². The molecule has 3 aromatic heterocycles. The maximum atomic E-state index is 12.9. The minimum absolute atomic E-state index is 0.0533. The molecule has 0 bridgehead atoms. The summed E-state index contributed by atoms with van der Waals surface area (Å²) in [7, 11) is 0. The number of rotatable bonds is 3. The highest BCUT2D eigenvalue weighted by Crippen LogP contribution is 2.31. The lowest BCUT2D eigenvalue weighted by molar-refractivity contribution is 0.479. The van der Waals surface area contributed by atoms with Crippen LogP contribution in [0.2, 0.25) is 0 Å². The fourth-order valence-electron chi connectivity index (χ4n) is 3.14. The first kappa shape index (κ1) is 16.0. The lowest BCUT2D eigenvalue weighted by Crippen LogP contribution is -2.23. The van der Waals surface area contributed by atoms with Gasteiger partial charge in [-0.2, -0.15) is 0 Å². The maximum absolute atomic E-state index is 12.9. The highest BCUT2D eigenvalue weighted by Gasteiger charge is 2.16. The van der Waals surface area contributed by atoms with Crippen LogP contribution in [0.5, 0.6) is 5.75 Å². The second-order valence-electron chi connectivity index (χ2n) is 6.20. The molecule has 26 heavy (non-hydrogen) atoms. The van der Waals surface area contributed by atoms with Gasteiger partial charge >= 0.3 is 0 Å². The summed E-state index contributed by atoms with van der Waals surface area (Å²) in [5, 5.41) is 11.0. The number of fused-ring (bicyclic) bond motifs is 1. The van der Waals surface area contributed by atoms with Crippen LogP contribution in [0.1, 0.15) is 11.1 Å². The van der Waals surface area contributed by atoms with Gasteiger partial charge in [0.05, 0.1) is 24.0 Å². The number of aryl methyl sites for hydroxylation is 1. The van der Waals surface area contributed by atoms with Gasteiger partial charge < -0.3 is 9.67 Å². The van der Waals surface area contributed by atoms with Crippen LogP contribution in [-0.2, 0) is 6.54 Å². The number of aromatic hydroxyl groups is 1. The van der Waals surface area contributed by atoms with E-state index in [1.807, 2.05) is 42.5 Å². The zero-order chi connectivity index (χ0) is 18.1. The van der Waals surface area contributed by atoms with Crippen LogP contribution in [0.4, 0.5) is 0 Å². The van der Waals surface area contributed by atoms with E-state index in [1.54, 1.807) is 30.0 Å². The summed E-state index contributed by atoms with van der Waals surface area (Å²) in [4.78, 5) is 21.5. The van der Waals surface area contributed by atoms with E-state index in [2.05, 4.69) is 9.97 Å². The van der Waals surface area contributed by atoms with Crippen molar-refractivity contribution in [2.75, 3.05) is 0 Å². The molecule has 0 saturated heterocycles. The largest absolute Gasteiger partial charge is 0.506 e. The number of pyridine rings is 3. The Labute approximate surface area is 150 Å². The second-order valence-corrected chi connectivity index (χ2v) is 6.20. The number of hydrogen-bond acceptors (Lipinski definition) is 4. The summed E-state index contributed by atoms with van der Waals surface area (Å²) in [6.45, 7) is 2.16. The van der Waals surface area contributed by atoms with Crippen molar-refractivity contribution in [2.45, 2.75) is 13.5 Å². The van der Waals surface area contributed by atoms with Crippen LogP contribution in [0.25, 0.3) is 22.2 Å². The first-order valence-corrected chi connectivity index (χ1v) is 8.31. The van der Waals surface area contributed by atoms with E-state index < -0.39 is 0 Å². The van der Waals surface area contributed by atoms with Gasteiger partial charge in [0.1, 0.15) is 5.75 Å². The molecule has 0 radical (unpaired) electrons. The highest BCUT2D eigenvalue weighted by atomic mass is 16.3. The Morgan fingerprint density at radius 3 is 2.62 bits per heavy atom. The van der Waals surface area contributed by atoms with Crippen molar-refractivity contribution in [1.82, 2.24) is 14.5 Å². The molecule has 0 amide bonds. The van der Waals surface area contributed by atoms with E-state index in [9.17, 15) is 9.90 Å². The first-order chi connectivity index (χ1) is 12.6. The normalized spacial score (nSPS) is 11.0. The maximum Gasteiger partial charge on any atom is 0.254 e. The number of nitrogens with zero attached hydrogens (tertiary/aromatic N) is 3. The SMILES string of the molecule is Cc1cc2c(O)cnc(-c3cccnc3)c2n(Cc2ccccc2)c1=O. The Balaban J connectivity index is 2.07. The molecule has 0 fully saturated rings. The Morgan fingerprint density at radius 2 is 1.88 bits per heavy atom. The predicted octanol–water partition coefficient (Wildman–Crippen LogP) is 3.52. The van der Waals surface area contributed by atoms with Gasteiger partial charge in [-0.1, -0.05) is 30.3 Å². The molecule has 5 nitrogen and oxygen atoms in total. The fraction of sp³-hybridized carbons (Fsp3) is 0.0952. The standard InChI is InChI=1S/C21H17N3O2/c1-14-10-17-18(25)12-23-19(16-8-5-9-22-11-16)20(17)24(21(14)26)13-15-6-3-2-4-7-15/h2-12,25H,13H2,1H3. The van der Waals surface area contributed by atoms with Crippen LogP contribution in [0.3, 0.4) is 0 Å². The van der Waals surface area contributed by atoms with Crippen LogP contribution >= 0.6 is 0 Å². The zero-order valence-corrected chi connectivity index (χ0v) is 14.3. The van der Waals surface area contributed by atoms with Gasteiger partial charge in [-0.15, -0.1) is 0 Å². The second kappa shape index (κ2) is 6.44. The smallest absolute Gasteiger partial charge is 0.254 e. The lowest BCUT2D eigenvalue weighted by Gasteiger charge is -2.16. The summed E-state index contributed by atoms with van der Waals surface area (Å²) in [6.07, 6.45) is 4.81. The third kappa shape index (κ3) is 2.73. The summed E-state index contributed by atoms with van der Waals surface area (Å²) < 4.78 is 1.68. The van der Waals surface area contributed by atoms with Crippen LogP contribution < -0.4 is 5.56 Å². The summed E-state index contributed by atoms with van der Waals surface area (Å²) >= 11 is 0. The zero-order valence-electron chi connectivity index (χ0n) is 14.3. The fourth-order valence-corrected chi connectivity index (χ4v) is 3.14. The van der Waals surface area contributed by atoms with E-state index in [0.29, 0.717) is 28.7 Å². The molecule has 0 aliphatic rings. The molecule has 3 heterocycles. The first-order valence-electron chi connectivity index (χ1n) is 8.31. The van der Waals surface area contributed by atoms with Crippen LogP contribution in [0, 0.1) is 6.92 Å². The quantitative estimate of drug-likeness (QED) is 0.618. The van der Waals surface area contributed by atoms with Gasteiger partial charge in [0.15, 0.2) is 0 Å². The molecule has 0 aliphatic carbocycles. The van der Waals surface area contributed by atoms with Crippen molar-refractivity contribution in [3.63, 3.8) is 0 Å². The number of hydrogen-bond donors (Lipinski definition) is 1. The molecule has 0 spiro atoms. The molecule has 4 aromatic rings. The van der Waals surface area contributed by atoms with Gasteiger partial charge in [0.2, 0.25) is 0 Å². The van der Waals surface area contributed by atoms with Crippen molar-refractivity contribution in [2.24, 2.45) is 0 Å². The molecule has 0 saturated carbocycles. The molecule has 1 aromatic carbocycles. The lowest BCUT2D eigenvalue weighted by atomic mass is 10.1. The molecular weight excluding hydrogens is 326 g/mol. The monoisotopic (exact) mass is 343 g/mol. The minimum atomic E-state index is -0.0982. The predicted molar refractivity (Wildman–Crippen MR) is 101 cm³/mol.